The molecule has 36 heavy (non-hydrogen) atoms. The van der Waals surface area contributed by atoms with Crippen LogP contribution in [0.4, 0.5) is 0 Å². The Morgan fingerprint density at radius 3 is 2.64 bits per heavy atom. The highest BCUT2D eigenvalue weighted by atomic mass is 16.5. The summed E-state index contributed by atoms with van der Waals surface area (Å²) in [7, 11) is 0. The topological polar surface area (TPSA) is 82.1 Å². The van der Waals surface area contributed by atoms with Crippen molar-refractivity contribution in [3.05, 3.63) is 70.3 Å². The Morgan fingerprint density at radius 1 is 1.14 bits per heavy atom. The third-order valence-electron chi connectivity index (χ3n) is 8.65. The summed E-state index contributed by atoms with van der Waals surface area (Å²) < 4.78 is 5.65. The van der Waals surface area contributed by atoms with Crippen LogP contribution in [-0.4, -0.2) is 77.3 Å². The Bertz CT molecular complexity index is 1150. The van der Waals surface area contributed by atoms with E-state index < -0.39 is 6.10 Å². The molecule has 7 heteroatoms. The first kappa shape index (κ1) is 23.6. The fourth-order valence-corrected chi connectivity index (χ4v) is 6.57. The molecule has 6 rings (SSSR count). The van der Waals surface area contributed by atoms with Gasteiger partial charge >= 0.3 is 0 Å². The van der Waals surface area contributed by atoms with Gasteiger partial charge < -0.3 is 25.0 Å². The van der Waals surface area contributed by atoms with Crippen molar-refractivity contribution in [1.82, 2.24) is 15.1 Å². The average Bonchev–Trinajstić information content (AvgIpc) is 3.16. The summed E-state index contributed by atoms with van der Waals surface area (Å²) in [6.07, 6.45) is 2.95. The van der Waals surface area contributed by atoms with Crippen LogP contribution in [-0.2, 0) is 17.7 Å². The van der Waals surface area contributed by atoms with E-state index in [0.29, 0.717) is 37.4 Å². The average molecular weight is 490 g/mol. The Morgan fingerprint density at radius 2 is 1.89 bits per heavy atom. The van der Waals surface area contributed by atoms with E-state index in [-0.39, 0.29) is 35.9 Å². The molecular formula is C29H35N3O4. The van der Waals surface area contributed by atoms with E-state index in [1.54, 1.807) is 11.0 Å². The van der Waals surface area contributed by atoms with Crippen molar-refractivity contribution < 1.29 is 19.4 Å². The van der Waals surface area contributed by atoms with E-state index >= 15 is 0 Å². The van der Waals surface area contributed by atoms with Crippen LogP contribution in [0.25, 0.3) is 0 Å². The number of β-amino-alcohol motifs (C(OH)–C–C–N with tert-alkyl or cyclic N) is 1. The number of rotatable bonds is 5. The van der Waals surface area contributed by atoms with E-state index in [4.69, 9.17) is 4.74 Å². The normalized spacial score (nSPS) is 28.0. The van der Waals surface area contributed by atoms with Crippen molar-refractivity contribution in [2.45, 2.75) is 69.3 Å². The van der Waals surface area contributed by atoms with Gasteiger partial charge in [0, 0.05) is 42.7 Å². The Balaban J connectivity index is 1.19. The predicted molar refractivity (Wildman–Crippen MR) is 136 cm³/mol. The molecule has 2 N–H and O–H groups in total. The van der Waals surface area contributed by atoms with Crippen LogP contribution in [0.3, 0.4) is 0 Å². The highest BCUT2D eigenvalue weighted by Crippen LogP contribution is 2.34. The molecule has 0 aromatic heterocycles. The minimum atomic E-state index is -0.654. The van der Waals surface area contributed by atoms with E-state index in [2.05, 4.69) is 24.4 Å². The number of nitrogens with one attached hydrogen (secondary N) is 1. The third kappa shape index (κ3) is 4.13. The Labute approximate surface area is 212 Å². The molecule has 2 amide bonds. The lowest BCUT2D eigenvalue weighted by Gasteiger charge is -2.38. The molecule has 4 aliphatic heterocycles. The van der Waals surface area contributed by atoms with Gasteiger partial charge in [-0.25, -0.2) is 0 Å². The number of ether oxygens (including phenoxy) is 1. The van der Waals surface area contributed by atoms with Crippen LogP contribution < -0.4 is 5.32 Å². The first-order valence-corrected chi connectivity index (χ1v) is 13.3. The number of morpholine rings is 1. The summed E-state index contributed by atoms with van der Waals surface area (Å²) in [5.74, 6) is 0.131. The largest absolute Gasteiger partial charge is 0.390 e. The van der Waals surface area contributed by atoms with Crippen LogP contribution in [0.2, 0.25) is 0 Å². The van der Waals surface area contributed by atoms with Crippen LogP contribution in [0.1, 0.15) is 69.5 Å². The lowest BCUT2D eigenvalue weighted by atomic mass is 9.85. The fraction of sp³-hybridized carbons (Fsp3) is 0.517. The zero-order chi connectivity index (χ0) is 24.8. The Kier molecular flexibility index (Phi) is 6.32. The third-order valence-corrected chi connectivity index (χ3v) is 8.65. The first-order valence-electron chi connectivity index (χ1n) is 13.3. The van der Waals surface area contributed by atoms with Gasteiger partial charge in [0.15, 0.2) is 0 Å². The van der Waals surface area contributed by atoms with E-state index in [1.807, 2.05) is 29.2 Å². The number of nitrogens with zero attached hydrogens (tertiary/aromatic N) is 2. The fourth-order valence-electron chi connectivity index (χ4n) is 6.57. The summed E-state index contributed by atoms with van der Waals surface area (Å²) in [4.78, 5) is 30.7. The van der Waals surface area contributed by atoms with Crippen molar-refractivity contribution in [2.24, 2.45) is 0 Å². The molecule has 2 fully saturated rings. The number of carbonyl (C=O) groups is 2. The maximum atomic E-state index is 13.5. The molecule has 0 aliphatic carbocycles. The van der Waals surface area contributed by atoms with Gasteiger partial charge in [0.05, 0.1) is 31.4 Å². The zero-order valence-corrected chi connectivity index (χ0v) is 20.9. The van der Waals surface area contributed by atoms with Crippen molar-refractivity contribution in [2.75, 3.05) is 26.3 Å². The second-order valence-corrected chi connectivity index (χ2v) is 10.8. The smallest absolute Gasteiger partial charge is 0.254 e. The number of benzene rings is 2. The highest BCUT2D eigenvalue weighted by molar-refractivity contribution is 6.00. The molecule has 2 aromatic carbocycles. The molecule has 0 spiro atoms. The number of hydrogen-bond donors (Lipinski definition) is 2. The van der Waals surface area contributed by atoms with Gasteiger partial charge in [0.1, 0.15) is 0 Å². The van der Waals surface area contributed by atoms with Crippen LogP contribution in [0.15, 0.2) is 42.5 Å². The minimum Gasteiger partial charge on any atom is -0.390 e. The van der Waals surface area contributed by atoms with E-state index in [1.165, 1.54) is 11.1 Å². The molecule has 4 unspecified atom stereocenters. The van der Waals surface area contributed by atoms with Gasteiger partial charge in [0.2, 0.25) is 0 Å². The molecule has 2 bridgehead atoms. The zero-order valence-electron chi connectivity index (χ0n) is 20.9. The van der Waals surface area contributed by atoms with Gasteiger partial charge in [-0.1, -0.05) is 31.2 Å². The Hall–Kier alpha value is -2.74. The van der Waals surface area contributed by atoms with Crippen molar-refractivity contribution in [1.29, 1.82) is 0 Å². The molecule has 7 nitrogen and oxygen atoms in total. The van der Waals surface area contributed by atoms with Crippen molar-refractivity contribution >= 4 is 11.8 Å². The lowest BCUT2D eigenvalue weighted by Crippen LogP contribution is -2.52. The van der Waals surface area contributed by atoms with Gasteiger partial charge in [-0.15, -0.1) is 0 Å². The monoisotopic (exact) mass is 489 g/mol. The van der Waals surface area contributed by atoms with Crippen molar-refractivity contribution in [3.63, 3.8) is 0 Å². The SMILES string of the molecule is CCC1CN(CC(O)[C@@H]2Cc3ccccc3CN2)C(=O)c2ccc(C(=O)N3C4CCC3COC4)cc21. The number of hydrogen-bond acceptors (Lipinski definition) is 5. The second-order valence-electron chi connectivity index (χ2n) is 10.8. The standard InChI is InChI=1S/C29H35N3O4/c1-2-18-14-31(15-27(33)26-12-19-5-3-4-6-21(19)13-30-26)29(35)24-10-7-20(11-25(18)24)28(34)32-22-8-9-23(32)17-36-16-22/h3-7,10-11,18,22-23,26-27,30,33H,2,8-9,12-17H2,1H3/t18?,22?,23?,26-,27?/m0/s1. The van der Waals surface area contributed by atoms with Gasteiger partial charge in [-0.2, -0.15) is 0 Å². The lowest BCUT2D eigenvalue weighted by molar-refractivity contribution is -0.00717. The molecule has 5 atom stereocenters. The maximum Gasteiger partial charge on any atom is 0.254 e. The summed E-state index contributed by atoms with van der Waals surface area (Å²) in [5, 5.41) is 14.5. The molecule has 4 aliphatic rings. The van der Waals surface area contributed by atoms with E-state index in [9.17, 15) is 14.7 Å². The summed E-state index contributed by atoms with van der Waals surface area (Å²) >= 11 is 0. The summed E-state index contributed by atoms with van der Waals surface area (Å²) in [6, 6.07) is 14.1. The molecule has 2 saturated heterocycles. The summed E-state index contributed by atoms with van der Waals surface area (Å²) in [5.41, 5.74) is 4.81. The predicted octanol–water partition coefficient (Wildman–Crippen LogP) is 2.71. The second kappa shape index (κ2) is 9.61. The number of carbonyl (C=O) groups excluding carboxylic acids is 2. The molecule has 2 aromatic rings. The first-order chi connectivity index (χ1) is 17.5. The van der Waals surface area contributed by atoms with Gasteiger partial charge in [-0.05, 0) is 60.6 Å². The quantitative estimate of drug-likeness (QED) is 0.675. The molecule has 0 saturated carbocycles. The summed E-state index contributed by atoms with van der Waals surface area (Å²) in [6.45, 7) is 4.93. The van der Waals surface area contributed by atoms with Gasteiger partial charge in [0.25, 0.3) is 11.8 Å². The van der Waals surface area contributed by atoms with Crippen LogP contribution in [0.5, 0.6) is 0 Å². The molecule has 4 heterocycles. The van der Waals surface area contributed by atoms with E-state index in [0.717, 1.165) is 37.8 Å². The van der Waals surface area contributed by atoms with Crippen LogP contribution >= 0.6 is 0 Å². The number of fused-ring (bicyclic) bond motifs is 4. The maximum absolute atomic E-state index is 13.5. The number of aliphatic hydroxyl groups excluding tert-OH is 1. The highest BCUT2D eigenvalue weighted by Gasteiger charge is 2.41. The minimum absolute atomic E-state index is 0.0532. The molecule has 190 valence electrons. The van der Waals surface area contributed by atoms with Gasteiger partial charge in [-0.3, -0.25) is 9.59 Å². The molecule has 0 radical (unpaired) electrons. The number of aliphatic hydroxyl groups is 1. The van der Waals surface area contributed by atoms with Crippen LogP contribution in [0, 0.1) is 0 Å². The van der Waals surface area contributed by atoms with Crippen molar-refractivity contribution in [3.8, 4) is 0 Å². The molecular weight excluding hydrogens is 454 g/mol. The number of amides is 2.